The molecule has 1 atom stereocenters. The zero-order chi connectivity index (χ0) is 20.4. The lowest BCUT2D eigenvalue weighted by molar-refractivity contribution is -0.175. The number of alkyl halides is 3. The van der Waals surface area contributed by atoms with Gasteiger partial charge in [0.25, 0.3) is 0 Å². The maximum atomic E-state index is 12.6. The molecule has 150 valence electrons. The van der Waals surface area contributed by atoms with Gasteiger partial charge in [0.05, 0.1) is 18.3 Å². The molecule has 1 fully saturated rings. The van der Waals surface area contributed by atoms with Crippen molar-refractivity contribution in [2.24, 2.45) is 0 Å². The molecule has 0 radical (unpaired) electrons. The summed E-state index contributed by atoms with van der Waals surface area (Å²) in [5, 5.41) is 2.01. The lowest BCUT2D eigenvalue weighted by Crippen LogP contribution is -2.52. The van der Waals surface area contributed by atoms with Crippen LogP contribution in [-0.4, -0.2) is 51.1 Å². The Morgan fingerprint density at radius 2 is 1.96 bits per heavy atom. The van der Waals surface area contributed by atoms with E-state index in [1.165, 1.54) is 11.8 Å². The maximum absolute atomic E-state index is 12.6. The first-order chi connectivity index (χ1) is 13.2. The molecule has 1 aliphatic heterocycles. The highest BCUT2D eigenvalue weighted by Gasteiger charge is 2.45. The predicted molar refractivity (Wildman–Crippen MR) is 95.3 cm³/mol. The van der Waals surface area contributed by atoms with Crippen LogP contribution in [0.3, 0.4) is 0 Å². The third-order valence-electron chi connectivity index (χ3n) is 4.83. The number of halogens is 3. The quantitative estimate of drug-likeness (QED) is 0.845. The first-order valence-corrected chi connectivity index (χ1v) is 8.86. The van der Waals surface area contributed by atoms with E-state index in [1.807, 2.05) is 40.2 Å². The Balaban J connectivity index is 1.61. The number of amides is 2. The molecule has 1 aromatic carbocycles. The molecule has 1 unspecified atom stereocenters. The average Bonchev–Trinajstić information content (AvgIpc) is 3.22. The van der Waals surface area contributed by atoms with Crippen LogP contribution in [0, 0.1) is 0 Å². The number of carbonyl (C=O) groups is 2. The minimum Gasteiger partial charge on any atom is -0.341 e. The number of aromatic nitrogens is 2. The number of nitrogens with zero attached hydrogens (tertiary/aromatic N) is 3. The first-order valence-electron chi connectivity index (χ1n) is 8.86. The van der Waals surface area contributed by atoms with Gasteiger partial charge in [-0.2, -0.15) is 13.2 Å². The van der Waals surface area contributed by atoms with Crippen molar-refractivity contribution in [1.82, 2.24) is 19.8 Å². The van der Waals surface area contributed by atoms with Crippen molar-refractivity contribution < 1.29 is 22.8 Å². The zero-order valence-corrected chi connectivity index (χ0v) is 15.4. The Bertz CT molecular complexity index is 850. The molecular formula is C19H21F3N4O2. The number of nitrogens with one attached hydrogen (secondary N) is 1. The summed E-state index contributed by atoms with van der Waals surface area (Å²) in [5.41, 5.74) is 0.701. The molecule has 0 spiro atoms. The molecule has 2 heterocycles. The number of likely N-dealkylation sites (tertiary alicyclic amines) is 1. The van der Waals surface area contributed by atoms with Gasteiger partial charge >= 0.3 is 12.1 Å². The molecule has 1 aliphatic rings. The maximum Gasteiger partial charge on any atom is 0.471 e. The van der Waals surface area contributed by atoms with Gasteiger partial charge in [-0.25, -0.2) is 4.98 Å². The molecule has 0 aliphatic carbocycles. The van der Waals surface area contributed by atoms with Crippen molar-refractivity contribution in [2.75, 3.05) is 13.1 Å². The average molecular weight is 394 g/mol. The summed E-state index contributed by atoms with van der Waals surface area (Å²) in [6.07, 6.45) is -1.32. The fourth-order valence-corrected chi connectivity index (χ4v) is 3.31. The molecule has 1 saturated heterocycles. The molecule has 28 heavy (non-hydrogen) atoms. The monoisotopic (exact) mass is 394 g/mol. The van der Waals surface area contributed by atoms with Gasteiger partial charge < -0.3 is 14.8 Å². The van der Waals surface area contributed by atoms with Crippen LogP contribution < -0.4 is 5.32 Å². The molecule has 9 heteroatoms. The Labute approximate surface area is 160 Å². The van der Waals surface area contributed by atoms with E-state index < -0.39 is 17.6 Å². The van der Waals surface area contributed by atoms with Crippen LogP contribution in [0.4, 0.5) is 13.2 Å². The Morgan fingerprint density at radius 3 is 2.64 bits per heavy atom. The van der Waals surface area contributed by atoms with Gasteiger partial charge in [0.2, 0.25) is 5.91 Å². The number of carbonyl (C=O) groups excluding carboxylic acids is 2. The Kier molecular flexibility index (Phi) is 5.44. The molecule has 1 aromatic heterocycles. The fourth-order valence-electron chi connectivity index (χ4n) is 3.31. The summed E-state index contributed by atoms with van der Waals surface area (Å²) < 4.78 is 39.4. The van der Waals surface area contributed by atoms with E-state index in [9.17, 15) is 22.8 Å². The summed E-state index contributed by atoms with van der Waals surface area (Å²) in [6, 6.07) is 9.72. The molecule has 0 saturated carbocycles. The van der Waals surface area contributed by atoms with Crippen molar-refractivity contribution in [3.8, 4) is 0 Å². The lowest BCUT2D eigenvalue weighted by atomic mass is 10.0. The van der Waals surface area contributed by atoms with E-state index in [4.69, 9.17) is 0 Å². The Hall–Kier alpha value is -2.84. The third-order valence-corrected chi connectivity index (χ3v) is 4.83. The summed E-state index contributed by atoms with van der Waals surface area (Å²) in [6.45, 7) is 2.42. The second kappa shape index (κ2) is 7.65. The number of hydrogen-bond donors (Lipinski definition) is 1. The van der Waals surface area contributed by atoms with E-state index in [0.717, 1.165) is 11.3 Å². The lowest BCUT2D eigenvalue weighted by Gasteiger charge is -2.26. The minimum atomic E-state index is -4.94. The minimum absolute atomic E-state index is 0.0421. The number of hydrogen-bond acceptors (Lipinski definition) is 3. The van der Waals surface area contributed by atoms with E-state index in [-0.39, 0.29) is 25.3 Å². The Morgan fingerprint density at radius 1 is 1.25 bits per heavy atom. The van der Waals surface area contributed by atoms with E-state index >= 15 is 0 Å². The summed E-state index contributed by atoms with van der Waals surface area (Å²) in [4.78, 5) is 29.4. The van der Waals surface area contributed by atoms with Gasteiger partial charge in [-0.1, -0.05) is 30.3 Å². The molecular weight excluding hydrogens is 373 g/mol. The molecule has 2 aromatic rings. The van der Waals surface area contributed by atoms with Gasteiger partial charge in [0.1, 0.15) is 0 Å². The van der Waals surface area contributed by atoms with Crippen molar-refractivity contribution >= 4 is 11.8 Å². The standard InChI is InChI=1S/C19H21F3N4O2/c1-18(24-17(28)19(20,21)22)7-8-25(12-18)16(27)9-15-10-23-13-26(15)11-14-5-3-2-4-6-14/h2-6,10,13H,7-9,11-12H2,1H3,(H,24,28). The smallest absolute Gasteiger partial charge is 0.341 e. The number of rotatable bonds is 5. The highest BCUT2D eigenvalue weighted by Crippen LogP contribution is 2.24. The topological polar surface area (TPSA) is 67.2 Å². The number of imidazole rings is 1. The van der Waals surface area contributed by atoms with Crippen LogP contribution >= 0.6 is 0 Å². The first kappa shape index (κ1) is 19.9. The van der Waals surface area contributed by atoms with E-state index in [2.05, 4.69) is 4.98 Å². The third kappa shape index (κ3) is 4.71. The van der Waals surface area contributed by atoms with Crippen molar-refractivity contribution in [1.29, 1.82) is 0 Å². The normalized spacial score (nSPS) is 19.6. The predicted octanol–water partition coefficient (Wildman–Crippen LogP) is 2.14. The van der Waals surface area contributed by atoms with Crippen LogP contribution in [0.1, 0.15) is 24.6 Å². The second-order valence-electron chi connectivity index (χ2n) is 7.25. The highest BCUT2D eigenvalue weighted by molar-refractivity contribution is 5.83. The van der Waals surface area contributed by atoms with Crippen LogP contribution in [0.2, 0.25) is 0 Å². The zero-order valence-electron chi connectivity index (χ0n) is 15.4. The number of benzene rings is 1. The van der Waals surface area contributed by atoms with Gasteiger partial charge in [-0.3, -0.25) is 9.59 Å². The van der Waals surface area contributed by atoms with Crippen molar-refractivity contribution in [3.05, 3.63) is 54.1 Å². The van der Waals surface area contributed by atoms with Crippen molar-refractivity contribution in [3.63, 3.8) is 0 Å². The highest BCUT2D eigenvalue weighted by atomic mass is 19.4. The molecule has 0 bridgehead atoms. The molecule has 2 amide bonds. The summed E-state index contributed by atoms with van der Waals surface area (Å²) in [5.74, 6) is -2.19. The fraction of sp³-hybridized carbons (Fsp3) is 0.421. The largest absolute Gasteiger partial charge is 0.471 e. The van der Waals surface area contributed by atoms with Gasteiger partial charge in [-0.05, 0) is 18.9 Å². The van der Waals surface area contributed by atoms with Gasteiger partial charge in [0, 0.05) is 31.5 Å². The van der Waals surface area contributed by atoms with Crippen LogP contribution in [0.15, 0.2) is 42.9 Å². The van der Waals surface area contributed by atoms with Gasteiger partial charge in [0.15, 0.2) is 0 Å². The van der Waals surface area contributed by atoms with Gasteiger partial charge in [-0.15, -0.1) is 0 Å². The van der Waals surface area contributed by atoms with E-state index in [1.54, 1.807) is 12.5 Å². The molecule has 3 rings (SSSR count). The van der Waals surface area contributed by atoms with Crippen LogP contribution in [-0.2, 0) is 22.6 Å². The summed E-state index contributed by atoms with van der Waals surface area (Å²) >= 11 is 0. The van der Waals surface area contributed by atoms with E-state index in [0.29, 0.717) is 13.1 Å². The van der Waals surface area contributed by atoms with Crippen LogP contribution in [0.5, 0.6) is 0 Å². The molecule has 6 nitrogen and oxygen atoms in total. The van der Waals surface area contributed by atoms with Crippen molar-refractivity contribution in [2.45, 2.75) is 38.0 Å². The van der Waals surface area contributed by atoms with Crippen LogP contribution in [0.25, 0.3) is 0 Å². The summed E-state index contributed by atoms with van der Waals surface area (Å²) in [7, 11) is 0. The SMILES string of the molecule is CC1(NC(=O)C(F)(F)F)CCN(C(=O)Cc2cncn2Cc2ccccc2)C1. The molecule has 1 N–H and O–H groups in total. The second-order valence-corrected chi connectivity index (χ2v) is 7.25.